The molecule has 0 radical (unpaired) electrons. The molecular weight excluding hydrogens is 222 g/mol. The Labute approximate surface area is 99.2 Å². The Hall–Kier alpha value is -2.13. The van der Waals surface area contributed by atoms with Gasteiger partial charge in [-0.25, -0.2) is 0 Å². The zero-order valence-electron chi connectivity index (χ0n) is 9.71. The standard InChI is InChI=1S/C11H13N3O3/c1-13(2)5-6-17-10-4-3-9(8-12)11(7-10)14(15)16/h3-4,7H,5-6H2,1-2H3. The molecule has 0 aliphatic heterocycles. The fourth-order valence-electron chi connectivity index (χ4n) is 1.19. The average molecular weight is 235 g/mol. The molecule has 6 nitrogen and oxygen atoms in total. The molecule has 0 aliphatic carbocycles. The number of likely N-dealkylation sites (N-methyl/N-ethyl adjacent to an activating group) is 1. The second-order valence-corrected chi connectivity index (χ2v) is 3.70. The van der Waals surface area contributed by atoms with E-state index in [1.165, 1.54) is 12.1 Å². The lowest BCUT2D eigenvalue weighted by molar-refractivity contribution is -0.385. The molecule has 0 saturated heterocycles. The Balaban J connectivity index is 2.79. The van der Waals surface area contributed by atoms with E-state index in [0.717, 1.165) is 0 Å². The van der Waals surface area contributed by atoms with Crippen molar-refractivity contribution in [2.45, 2.75) is 0 Å². The summed E-state index contributed by atoms with van der Waals surface area (Å²) in [6.45, 7) is 1.16. The number of nitrogens with zero attached hydrogens (tertiary/aromatic N) is 3. The summed E-state index contributed by atoms with van der Waals surface area (Å²) >= 11 is 0. The maximum Gasteiger partial charge on any atom is 0.290 e. The van der Waals surface area contributed by atoms with E-state index in [9.17, 15) is 10.1 Å². The third kappa shape index (κ3) is 3.74. The monoisotopic (exact) mass is 235 g/mol. The average Bonchev–Trinajstić information content (AvgIpc) is 2.28. The van der Waals surface area contributed by atoms with Crippen molar-refractivity contribution < 1.29 is 9.66 Å². The smallest absolute Gasteiger partial charge is 0.290 e. The van der Waals surface area contributed by atoms with E-state index in [1.807, 2.05) is 19.0 Å². The van der Waals surface area contributed by atoms with Gasteiger partial charge >= 0.3 is 0 Å². The highest BCUT2D eigenvalue weighted by molar-refractivity contribution is 5.52. The summed E-state index contributed by atoms with van der Waals surface area (Å²) < 4.78 is 5.35. The first kappa shape index (κ1) is 12.9. The SMILES string of the molecule is CN(C)CCOc1ccc(C#N)c([N+](=O)[O-])c1. The maximum atomic E-state index is 10.7. The van der Waals surface area contributed by atoms with Crippen LogP contribution in [0.1, 0.15) is 5.56 Å². The van der Waals surface area contributed by atoms with Crippen LogP contribution in [0.15, 0.2) is 18.2 Å². The van der Waals surface area contributed by atoms with Gasteiger partial charge in [-0.2, -0.15) is 5.26 Å². The highest BCUT2D eigenvalue weighted by Crippen LogP contribution is 2.23. The molecule has 6 heteroatoms. The predicted octanol–water partition coefficient (Wildman–Crippen LogP) is 1.41. The van der Waals surface area contributed by atoms with Gasteiger partial charge in [0.2, 0.25) is 0 Å². The minimum atomic E-state index is -0.586. The van der Waals surface area contributed by atoms with Crippen LogP contribution in [0.25, 0.3) is 0 Å². The second-order valence-electron chi connectivity index (χ2n) is 3.70. The zero-order chi connectivity index (χ0) is 12.8. The largest absolute Gasteiger partial charge is 0.492 e. The van der Waals surface area contributed by atoms with Gasteiger partial charge < -0.3 is 9.64 Å². The Kier molecular flexibility index (Phi) is 4.43. The lowest BCUT2D eigenvalue weighted by Crippen LogP contribution is -2.19. The molecule has 90 valence electrons. The van der Waals surface area contributed by atoms with Crippen molar-refractivity contribution in [3.63, 3.8) is 0 Å². The van der Waals surface area contributed by atoms with Gasteiger partial charge in [-0.15, -0.1) is 0 Å². The molecule has 0 saturated carbocycles. The van der Waals surface area contributed by atoms with Crippen LogP contribution >= 0.6 is 0 Å². The van der Waals surface area contributed by atoms with Gasteiger partial charge in [0.15, 0.2) is 0 Å². The summed E-state index contributed by atoms with van der Waals surface area (Å²) in [6, 6.07) is 5.99. The number of nitro benzene ring substituents is 1. The first-order valence-corrected chi connectivity index (χ1v) is 5.00. The summed E-state index contributed by atoms with van der Waals surface area (Å²) in [5, 5.41) is 19.4. The van der Waals surface area contributed by atoms with Crippen LogP contribution in [0.2, 0.25) is 0 Å². The fraction of sp³-hybridized carbons (Fsp3) is 0.364. The third-order valence-electron chi connectivity index (χ3n) is 2.09. The lowest BCUT2D eigenvalue weighted by Gasteiger charge is -2.10. The van der Waals surface area contributed by atoms with Crippen molar-refractivity contribution in [2.24, 2.45) is 0 Å². The van der Waals surface area contributed by atoms with Gasteiger partial charge in [-0.1, -0.05) is 0 Å². The lowest BCUT2D eigenvalue weighted by atomic mass is 10.2. The number of nitriles is 1. The molecule has 0 atom stereocenters. The molecular formula is C11H13N3O3. The third-order valence-corrected chi connectivity index (χ3v) is 2.09. The summed E-state index contributed by atoms with van der Waals surface area (Å²) in [4.78, 5) is 12.1. The molecule has 1 rings (SSSR count). The quantitative estimate of drug-likeness (QED) is 0.569. The molecule has 0 aliphatic rings. The van der Waals surface area contributed by atoms with Gasteiger partial charge in [-0.3, -0.25) is 10.1 Å². The fourth-order valence-corrected chi connectivity index (χ4v) is 1.19. The van der Waals surface area contributed by atoms with Gasteiger partial charge in [0.25, 0.3) is 5.69 Å². The molecule has 0 amide bonds. The minimum Gasteiger partial charge on any atom is -0.492 e. The molecule has 0 fully saturated rings. The Bertz CT molecular complexity index is 452. The van der Waals surface area contributed by atoms with Crippen LogP contribution in [0, 0.1) is 21.4 Å². The van der Waals surface area contributed by atoms with E-state index in [-0.39, 0.29) is 11.3 Å². The number of hydrogen-bond acceptors (Lipinski definition) is 5. The molecule has 0 bridgehead atoms. The van der Waals surface area contributed by atoms with Crippen LogP contribution in [-0.4, -0.2) is 37.1 Å². The summed E-state index contributed by atoms with van der Waals surface area (Å²) in [5.74, 6) is 0.401. The number of ether oxygens (including phenoxy) is 1. The molecule has 0 heterocycles. The topological polar surface area (TPSA) is 79.4 Å². The Morgan fingerprint density at radius 2 is 2.24 bits per heavy atom. The number of hydrogen-bond donors (Lipinski definition) is 0. The van der Waals surface area contributed by atoms with E-state index < -0.39 is 4.92 Å². The number of nitro groups is 1. The molecule has 1 aromatic carbocycles. The first-order valence-electron chi connectivity index (χ1n) is 5.00. The maximum absolute atomic E-state index is 10.7. The summed E-state index contributed by atoms with van der Waals surface area (Å²) in [6.07, 6.45) is 0. The van der Waals surface area contributed by atoms with Crippen molar-refractivity contribution in [1.82, 2.24) is 4.90 Å². The van der Waals surface area contributed by atoms with Gasteiger partial charge in [0.05, 0.1) is 11.0 Å². The van der Waals surface area contributed by atoms with Crippen LogP contribution in [0.4, 0.5) is 5.69 Å². The normalized spacial score (nSPS) is 10.0. The second kappa shape index (κ2) is 5.82. The van der Waals surface area contributed by atoms with Crippen molar-refractivity contribution in [1.29, 1.82) is 5.26 Å². The van der Waals surface area contributed by atoms with Gasteiger partial charge in [0, 0.05) is 6.54 Å². The molecule has 0 unspecified atom stereocenters. The van der Waals surface area contributed by atoms with Crippen LogP contribution < -0.4 is 4.74 Å². The predicted molar refractivity (Wildman–Crippen MR) is 61.9 cm³/mol. The molecule has 0 N–H and O–H groups in total. The first-order chi connectivity index (χ1) is 8.04. The van der Waals surface area contributed by atoms with E-state index >= 15 is 0 Å². The molecule has 0 aromatic heterocycles. The van der Waals surface area contributed by atoms with E-state index in [0.29, 0.717) is 18.9 Å². The summed E-state index contributed by atoms with van der Waals surface area (Å²) in [5.41, 5.74) is -0.190. The number of benzene rings is 1. The molecule has 0 spiro atoms. The zero-order valence-corrected chi connectivity index (χ0v) is 9.71. The minimum absolute atomic E-state index is 0.0370. The van der Waals surface area contributed by atoms with Crippen molar-refractivity contribution in [2.75, 3.05) is 27.2 Å². The van der Waals surface area contributed by atoms with E-state index in [2.05, 4.69) is 0 Å². The van der Waals surface area contributed by atoms with Crippen molar-refractivity contribution in [3.05, 3.63) is 33.9 Å². The van der Waals surface area contributed by atoms with E-state index in [1.54, 1.807) is 12.1 Å². The number of rotatable bonds is 5. The highest BCUT2D eigenvalue weighted by Gasteiger charge is 2.14. The van der Waals surface area contributed by atoms with Crippen molar-refractivity contribution in [3.8, 4) is 11.8 Å². The Morgan fingerprint density at radius 3 is 2.76 bits per heavy atom. The van der Waals surface area contributed by atoms with Gasteiger partial charge in [0.1, 0.15) is 24.0 Å². The van der Waals surface area contributed by atoms with Crippen LogP contribution in [0.5, 0.6) is 5.75 Å². The van der Waals surface area contributed by atoms with Crippen LogP contribution in [-0.2, 0) is 0 Å². The summed E-state index contributed by atoms with van der Waals surface area (Å²) in [7, 11) is 3.81. The Morgan fingerprint density at radius 1 is 1.53 bits per heavy atom. The van der Waals surface area contributed by atoms with Gasteiger partial charge in [-0.05, 0) is 26.2 Å². The highest BCUT2D eigenvalue weighted by atomic mass is 16.6. The molecule has 1 aromatic rings. The van der Waals surface area contributed by atoms with Crippen LogP contribution in [0.3, 0.4) is 0 Å². The molecule has 17 heavy (non-hydrogen) atoms. The van der Waals surface area contributed by atoms with E-state index in [4.69, 9.17) is 10.00 Å². The van der Waals surface area contributed by atoms with Crippen molar-refractivity contribution >= 4 is 5.69 Å².